The van der Waals surface area contributed by atoms with E-state index >= 15 is 0 Å². The number of benzene rings is 2. The van der Waals surface area contributed by atoms with Gasteiger partial charge in [-0.15, -0.1) is 11.6 Å². The topological polar surface area (TPSA) is 17.8 Å². The molecule has 3 aromatic rings. The van der Waals surface area contributed by atoms with Gasteiger partial charge in [-0.1, -0.05) is 18.2 Å². The van der Waals surface area contributed by atoms with Gasteiger partial charge in [0.05, 0.1) is 23.0 Å². The molecule has 1 heterocycles. The van der Waals surface area contributed by atoms with Crippen LogP contribution in [0.4, 0.5) is 8.78 Å². The average Bonchev–Trinajstić information content (AvgIpc) is 2.84. The van der Waals surface area contributed by atoms with Crippen LogP contribution in [0.3, 0.4) is 0 Å². The maximum absolute atomic E-state index is 14.0. The van der Waals surface area contributed by atoms with Gasteiger partial charge in [0.25, 0.3) is 0 Å². The van der Waals surface area contributed by atoms with Crippen molar-refractivity contribution in [1.29, 1.82) is 0 Å². The average molecular weight is 307 g/mol. The fourth-order valence-electron chi connectivity index (χ4n) is 2.60. The third kappa shape index (κ3) is 2.40. The van der Waals surface area contributed by atoms with Crippen LogP contribution in [0, 0.1) is 11.6 Å². The van der Waals surface area contributed by atoms with Crippen LogP contribution >= 0.6 is 11.6 Å². The highest BCUT2D eigenvalue weighted by molar-refractivity contribution is 6.16. The molecular formula is C16H13ClF2N2. The summed E-state index contributed by atoms with van der Waals surface area (Å²) >= 11 is 5.94. The van der Waals surface area contributed by atoms with E-state index in [1.54, 1.807) is 24.3 Å². The Balaban J connectivity index is 2.21. The normalized spacial score (nSPS) is 12.8. The maximum Gasteiger partial charge on any atom is 0.128 e. The zero-order valence-electron chi connectivity index (χ0n) is 11.4. The first-order chi connectivity index (χ1) is 10.1. The summed E-state index contributed by atoms with van der Waals surface area (Å²) in [6.45, 7) is 1.87. The lowest BCUT2D eigenvalue weighted by Gasteiger charge is -2.18. The molecule has 0 N–H and O–H groups in total. The third-order valence-corrected chi connectivity index (χ3v) is 3.83. The van der Waals surface area contributed by atoms with Crippen LogP contribution in [-0.4, -0.2) is 9.55 Å². The lowest BCUT2D eigenvalue weighted by molar-refractivity contribution is 0.556. The minimum atomic E-state index is -0.355. The molecule has 1 aromatic heterocycles. The highest BCUT2D eigenvalue weighted by atomic mass is 35.5. The zero-order valence-corrected chi connectivity index (χ0v) is 12.1. The number of imidazole rings is 1. The Morgan fingerprint density at radius 2 is 1.95 bits per heavy atom. The van der Waals surface area contributed by atoms with Gasteiger partial charge < -0.3 is 4.57 Å². The van der Waals surface area contributed by atoms with Crippen LogP contribution in [0.15, 0.2) is 42.5 Å². The van der Waals surface area contributed by atoms with Gasteiger partial charge >= 0.3 is 0 Å². The first kappa shape index (κ1) is 14.0. The Hall–Kier alpha value is -1.94. The number of halogens is 3. The highest BCUT2D eigenvalue weighted by Gasteiger charge is 2.19. The van der Waals surface area contributed by atoms with Crippen molar-refractivity contribution in [3.05, 3.63) is 65.5 Å². The molecule has 2 aromatic carbocycles. The fourth-order valence-corrected chi connectivity index (χ4v) is 2.79. The van der Waals surface area contributed by atoms with E-state index in [2.05, 4.69) is 4.98 Å². The third-order valence-electron chi connectivity index (χ3n) is 3.59. The van der Waals surface area contributed by atoms with Crippen molar-refractivity contribution in [2.24, 2.45) is 0 Å². The van der Waals surface area contributed by atoms with Gasteiger partial charge in [0.2, 0.25) is 0 Å². The minimum absolute atomic E-state index is 0.176. The molecule has 3 rings (SSSR count). The standard InChI is InChI=1S/C16H13ClF2N2/c1-10(12-4-2-3-5-13(12)19)21-15-7-6-11(18)8-14(15)20-16(21)9-17/h2-8,10H,9H2,1H3. The highest BCUT2D eigenvalue weighted by Crippen LogP contribution is 2.28. The first-order valence-corrected chi connectivity index (χ1v) is 7.12. The molecule has 21 heavy (non-hydrogen) atoms. The summed E-state index contributed by atoms with van der Waals surface area (Å²) in [4.78, 5) is 4.34. The van der Waals surface area contributed by atoms with Crippen LogP contribution in [0.1, 0.15) is 24.4 Å². The molecule has 0 spiro atoms. The van der Waals surface area contributed by atoms with Crippen LogP contribution in [0.25, 0.3) is 11.0 Å². The molecule has 2 nitrogen and oxygen atoms in total. The summed E-state index contributed by atoms with van der Waals surface area (Å²) in [5.41, 5.74) is 1.81. The van der Waals surface area contributed by atoms with Crippen molar-refractivity contribution in [1.82, 2.24) is 9.55 Å². The Morgan fingerprint density at radius 3 is 2.67 bits per heavy atom. The number of alkyl halides is 1. The van der Waals surface area contributed by atoms with Crippen LogP contribution in [0.2, 0.25) is 0 Å². The molecule has 0 aliphatic heterocycles. The summed E-state index contributed by atoms with van der Waals surface area (Å²) in [7, 11) is 0. The molecule has 108 valence electrons. The van der Waals surface area contributed by atoms with E-state index in [9.17, 15) is 8.78 Å². The number of rotatable bonds is 3. The van der Waals surface area contributed by atoms with Gasteiger partial charge in [0.1, 0.15) is 17.5 Å². The molecule has 0 bridgehead atoms. The second-order valence-corrected chi connectivity index (χ2v) is 5.13. The molecule has 1 atom stereocenters. The number of fused-ring (bicyclic) bond motifs is 1. The Bertz CT molecular complexity index is 798. The Labute approximate surface area is 126 Å². The molecule has 0 saturated carbocycles. The van der Waals surface area contributed by atoms with E-state index in [-0.39, 0.29) is 23.6 Å². The number of nitrogens with zero attached hydrogens (tertiary/aromatic N) is 2. The molecule has 1 unspecified atom stereocenters. The van der Waals surface area contributed by atoms with Crippen molar-refractivity contribution in [3.8, 4) is 0 Å². The predicted molar refractivity (Wildman–Crippen MR) is 79.5 cm³/mol. The molecule has 0 aliphatic rings. The van der Waals surface area contributed by atoms with Gasteiger partial charge in [-0.3, -0.25) is 0 Å². The van der Waals surface area contributed by atoms with Crippen molar-refractivity contribution in [3.63, 3.8) is 0 Å². The monoisotopic (exact) mass is 306 g/mol. The molecule has 0 saturated heterocycles. The summed E-state index contributed by atoms with van der Waals surface area (Å²) in [6.07, 6.45) is 0. The van der Waals surface area contributed by atoms with E-state index < -0.39 is 0 Å². The van der Waals surface area contributed by atoms with E-state index in [1.807, 2.05) is 11.5 Å². The van der Waals surface area contributed by atoms with Gasteiger partial charge in [0.15, 0.2) is 0 Å². The zero-order chi connectivity index (χ0) is 15.0. The summed E-state index contributed by atoms with van der Waals surface area (Å²) in [5, 5.41) is 0. The number of aromatic nitrogens is 2. The maximum atomic E-state index is 14.0. The van der Waals surface area contributed by atoms with Gasteiger partial charge in [0, 0.05) is 11.6 Å². The molecule has 0 amide bonds. The minimum Gasteiger partial charge on any atom is -0.320 e. The molecule has 5 heteroatoms. The smallest absolute Gasteiger partial charge is 0.128 e. The second-order valence-electron chi connectivity index (χ2n) is 4.86. The van der Waals surface area contributed by atoms with Gasteiger partial charge in [-0.2, -0.15) is 0 Å². The van der Waals surface area contributed by atoms with E-state index in [0.29, 0.717) is 16.9 Å². The molecular weight excluding hydrogens is 294 g/mol. The summed E-state index contributed by atoms with van der Waals surface area (Å²) < 4.78 is 29.2. The lowest BCUT2D eigenvalue weighted by atomic mass is 10.1. The number of hydrogen-bond acceptors (Lipinski definition) is 1. The Morgan fingerprint density at radius 1 is 1.19 bits per heavy atom. The second kappa shape index (κ2) is 5.45. The van der Waals surface area contributed by atoms with Crippen molar-refractivity contribution >= 4 is 22.6 Å². The Kier molecular flexibility index (Phi) is 3.64. The van der Waals surface area contributed by atoms with Crippen molar-refractivity contribution < 1.29 is 8.78 Å². The van der Waals surface area contributed by atoms with Crippen LogP contribution in [-0.2, 0) is 5.88 Å². The van der Waals surface area contributed by atoms with Crippen LogP contribution in [0.5, 0.6) is 0 Å². The van der Waals surface area contributed by atoms with Gasteiger partial charge in [-0.05, 0) is 25.1 Å². The molecule has 0 radical (unpaired) electrons. The predicted octanol–water partition coefficient (Wildman–Crippen LogP) is 4.66. The van der Waals surface area contributed by atoms with E-state index in [4.69, 9.17) is 11.6 Å². The first-order valence-electron chi connectivity index (χ1n) is 6.58. The molecule has 0 aliphatic carbocycles. The van der Waals surface area contributed by atoms with E-state index in [1.165, 1.54) is 18.2 Å². The van der Waals surface area contributed by atoms with Gasteiger partial charge in [-0.25, -0.2) is 13.8 Å². The van der Waals surface area contributed by atoms with E-state index in [0.717, 1.165) is 5.52 Å². The quantitative estimate of drug-likeness (QED) is 0.643. The van der Waals surface area contributed by atoms with Crippen molar-refractivity contribution in [2.45, 2.75) is 18.8 Å². The molecule has 0 fully saturated rings. The lowest BCUT2D eigenvalue weighted by Crippen LogP contribution is -2.11. The fraction of sp³-hybridized carbons (Fsp3) is 0.188. The van der Waals surface area contributed by atoms with Crippen LogP contribution < -0.4 is 0 Å². The summed E-state index contributed by atoms with van der Waals surface area (Å²) in [5.74, 6) is 0.129. The summed E-state index contributed by atoms with van der Waals surface area (Å²) in [6, 6.07) is 10.7. The van der Waals surface area contributed by atoms with Crippen molar-refractivity contribution in [2.75, 3.05) is 0 Å². The number of hydrogen-bond donors (Lipinski definition) is 0. The largest absolute Gasteiger partial charge is 0.320 e. The SMILES string of the molecule is CC(c1ccccc1F)n1c(CCl)nc2cc(F)ccc21.